The Hall–Kier alpha value is -1.63. The van der Waals surface area contributed by atoms with Gasteiger partial charge in [-0.05, 0) is 12.8 Å². The zero-order chi connectivity index (χ0) is 14.4. The zero-order valence-electron chi connectivity index (χ0n) is 10.9. The molecule has 1 fully saturated rings. The van der Waals surface area contributed by atoms with Crippen molar-refractivity contribution >= 4 is 17.8 Å². The number of carbonyl (C=O) groups is 3. The highest BCUT2D eigenvalue weighted by Gasteiger charge is 2.39. The van der Waals surface area contributed by atoms with E-state index in [1.165, 1.54) is 4.90 Å². The standard InChI is InChI=1S/C12H19NO6/c1-19-6-2-3-10(14)13-5-4-8(11(15)16)9(7-13)12(17)18/h8-9H,2-7H2,1H3,(H,15,16)(H,17,18). The number of nitrogens with zero attached hydrogens (tertiary/aromatic N) is 1. The first-order valence-electron chi connectivity index (χ1n) is 6.19. The van der Waals surface area contributed by atoms with E-state index in [0.717, 1.165) is 0 Å². The second-order valence-electron chi connectivity index (χ2n) is 4.61. The number of likely N-dealkylation sites (tertiary alicyclic amines) is 1. The molecule has 1 aliphatic rings. The number of aliphatic carboxylic acids is 2. The molecular formula is C12H19NO6. The Morgan fingerprint density at radius 3 is 2.37 bits per heavy atom. The second-order valence-corrected chi connectivity index (χ2v) is 4.61. The Morgan fingerprint density at radius 1 is 1.21 bits per heavy atom. The first kappa shape index (κ1) is 15.4. The number of hydrogen-bond donors (Lipinski definition) is 2. The largest absolute Gasteiger partial charge is 0.481 e. The quantitative estimate of drug-likeness (QED) is 0.662. The van der Waals surface area contributed by atoms with Crippen LogP contribution in [0.1, 0.15) is 19.3 Å². The molecule has 0 aromatic rings. The maximum Gasteiger partial charge on any atom is 0.309 e. The third kappa shape index (κ3) is 4.20. The van der Waals surface area contributed by atoms with Gasteiger partial charge in [0.15, 0.2) is 0 Å². The molecule has 0 spiro atoms. The van der Waals surface area contributed by atoms with Crippen molar-refractivity contribution in [2.24, 2.45) is 11.8 Å². The maximum absolute atomic E-state index is 11.8. The molecular weight excluding hydrogens is 254 g/mol. The molecule has 2 unspecified atom stereocenters. The Labute approximate surface area is 111 Å². The summed E-state index contributed by atoms with van der Waals surface area (Å²) in [6.07, 6.45) is 1.05. The van der Waals surface area contributed by atoms with Gasteiger partial charge in [-0.3, -0.25) is 14.4 Å². The van der Waals surface area contributed by atoms with E-state index >= 15 is 0 Å². The van der Waals surface area contributed by atoms with Gasteiger partial charge in [-0.2, -0.15) is 0 Å². The summed E-state index contributed by atoms with van der Waals surface area (Å²) in [6, 6.07) is 0. The molecule has 0 aromatic carbocycles. The van der Waals surface area contributed by atoms with E-state index in [1.54, 1.807) is 7.11 Å². The van der Waals surface area contributed by atoms with Gasteiger partial charge in [-0.1, -0.05) is 0 Å². The monoisotopic (exact) mass is 273 g/mol. The molecule has 108 valence electrons. The van der Waals surface area contributed by atoms with Crippen LogP contribution in [0, 0.1) is 11.8 Å². The van der Waals surface area contributed by atoms with Crippen LogP contribution in [-0.2, 0) is 19.1 Å². The van der Waals surface area contributed by atoms with E-state index in [1.807, 2.05) is 0 Å². The van der Waals surface area contributed by atoms with Crippen molar-refractivity contribution in [3.63, 3.8) is 0 Å². The van der Waals surface area contributed by atoms with E-state index < -0.39 is 23.8 Å². The summed E-state index contributed by atoms with van der Waals surface area (Å²) in [6.45, 7) is 0.740. The van der Waals surface area contributed by atoms with Gasteiger partial charge in [0, 0.05) is 33.2 Å². The minimum atomic E-state index is -1.17. The Morgan fingerprint density at radius 2 is 1.84 bits per heavy atom. The second kappa shape index (κ2) is 7.08. The lowest BCUT2D eigenvalue weighted by Crippen LogP contribution is -2.48. The van der Waals surface area contributed by atoms with Crippen molar-refractivity contribution < 1.29 is 29.3 Å². The summed E-state index contributed by atoms with van der Waals surface area (Å²) < 4.78 is 4.84. The molecule has 7 nitrogen and oxygen atoms in total. The van der Waals surface area contributed by atoms with Crippen molar-refractivity contribution in [1.82, 2.24) is 4.90 Å². The van der Waals surface area contributed by atoms with Crippen LogP contribution in [0.15, 0.2) is 0 Å². The molecule has 0 saturated carbocycles. The lowest BCUT2D eigenvalue weighted by molar-refractivity contribution is -0.159. The topological polar surface area (TPSA) is 104 Å². The van der Waals surface area contributed by atoms with Gasteiger partial charge >= 0.3 is 11.9 Å². The summed E-state index contributed by atoms with van der Waals surface area (Å²) in [5.74, 6) is -4.37. The third-order valence-electron chi connectivity index (χ3n) is 3.34. The molecule has 7 heteroatoms. The first-order chi connectivity index (χ1) is 8.97. The summed E-state index contributed by atoms with van der Waals surface area (Å²) >= 11 is 0. The molecule has 2 N–H and O–H groups in total. The van der Waals surface area contributed by atoms with Gasteiger partial charge in [0.05, 0.1) is 11.8 Å². The summed E-state index contributed by atoms with van der Waals surface area (Å²) in [5, 5.41) is 18.0. The fourth-order valence-corrected chi connectivity index (χ4v) is 2.25. The Kier molecular flexibility index (Phi) is 5.75. The number of rotatable bonds is 6. The van der Waals surface area contributed by atoms with Gasteiger partial charge in [0.25, 0.3) is 0 Å². The van der Waals surface area contributed by atoms with Gasteiger partial charge in [0.1, 0.15) is 0 Å². The van der Waals surface area contributed by atoms with Crippen LogP contribution in [0.4, 0.5) is 0 Å². The van der Waals surface area contributed by atoms with Gasteiger partial charge in [-0.15, -0.1) is 0 Å². The fraction of sp³-hybridized carbons (Fsp3) is 0.750. The number of piperidine rings is 1. The van der Waals surface area contributed by atoms with Crippen molar-refractivity contribution in [2.45, 2.75) is 19.3 Å². The smallest absolute Gasteiger partial charge is 0.309 e. The summed E-state index contributed by atoms with van der Waals surface area (Å²) in [5.41, 5.74) is 0. The van der Waals surface area contributed by atoms with E-state index in [-0.39, 0.29) is 25.3 Å². The van der Waals surface area contributed by atoms with E-state index in [4.69, 9.17) is 14.9 Å². The van der Waals surface area contributed by atoms with Crippen molar-refractivity contribution in [3.05, 3.63) is 0 Å². The Bertz CT molecular complexity index is 356. The van der Waals surface area contributed by atoms with Gasteiger partial charge in [0.2, 0.25) is 5.91 Å². The average Bonchev–Trinajstić information content (AvgIpc) is 2.38. The molecule has 1 heterocycles. The number of amides is 1. The van der Waals surface area contributed by atoms with Gasteiger partial charge < -0.3 is 19.8 Å². The first-order valence-corrected chi connectivity index (χ1v) is 6.19. The van der Waals surface area contributed by atoms with Crippen LogP contribution in [0.3, 0.4) is 0 Å². The fourth-order valence-electron chi connectivity index (χ4n) is 2.25. The number of carboxylic acid groups (broad SMARTS) is 2. The summed E-state index contributed by atoms with van der Waals surface area (Å²) in [7, 11) is 1.54. The molecule has 0 bridgehead atoms. The minimum absolute atomic E-state index is 0.0296. The SMILES string of the molecule is COCCCC(=O)N1CCC(C(=O)O)C(C(=O)O)C1. The number of carboxylic acids is 2. The number of methoxy groups -OCH3 is 1. The molecule has 1 saturated heterocycles. The van der Waals surface area contributed by atoms with Crippen molar-refractivity contribution in [3.8, 4) is 0 Å². The lowest BCUT2D eigenvalue weighted by Gasteiger charge is -2.34. The molecule has 2 atom stereocenters. The lowest BCUT2D eigenvalue weighted by atomic mass is 9.85. The zero-order valence-corrected chi connectivity index (χ0v) is 10.9. The molecule has 0 aromatic heterocycles. The molecule has 1 rings (SSSR count). The molecule has 1 amide bonds. The van der Waals surface area contributed by atoms with Crippen LogP contribution < -0.4 is 0 Å². The number of ether oxygens (including phenoxy) is 1. The van der Waals surface area contributed by atoms with Gasteiger partial charge in [-0.25, -0.2) is 0 Å². The van der Waals surface area contributed by atoms with E-state index in [9.17, 15) is 14.4 Å². The normalized spacial score (nSPS) is 23.1. The van der Waals surface area contributed by atoms with Crippen LogP contribution in [0.25, 0.3) is 0 Å². The predicted octanol–water partition coefficient (Wildman–Crippen LogP) is 0.0469. The van der Waals surface area contributed by atoms with E-state index in [2.05, 4.69) is 0 Å². The van der Waals surface area contributed by atoms with Crippen LogP contribution >= 0.6 is 0 Å². The maximum atomic E-state index is 11.8. The highest BCUT2D eigenvalue weighted by atomic mass is 16.5. The Balaban J connectivity index is 2.58. The van der Waals surface area contributed by atoms with Crippen molar-refractivity contribution in [1.29, 1.82) is 0 Å². The molecule has 1 aliphatic heterocycles. The molecule has 0 aliphatic carbocycles. The average molecular weight is 273 g/mol. The number of carbonyl (C=O) groups excluding carboxylic acids is 1. The van der Waals surface area contributed by atoms with Crippen molar-refractivity contribution in [2.75, 3.05) is 26.8 Å². The summed E-state index contributed by atoms with van der Waals surface area (Å²) in [4.78, 5) is 35.3. The van der Waals surface area contributed by atoms with Crippen LogP contribution in [0.5, 0.6) is 0 Å². The third-order valence-corrected chi connectivity index (χ3v) is 3.34. The predicted molar refractivity (Wildman–Crippen MR) is 64.6 cm³/mol. The highest BCUT2D eigenvalue weighted by molar-refractivity contribution is 5.82. The minimum Gasteiger partial charge on any atom is -0.481 e. The van der Waals surface area contributed by atoms with Crippen LogP contribution in [-0.4, -0.2) is 59.8 Å². The molecule has 19 heavy (non-hydrogen) atoms. The van der Waals surface area contributed by atoms with Crippen LogP contribution in [0.2, 0.25) is 0 Å². The molecule has 0 radical (unpaired) electrons. The highest BCUT2D eigenvalue weighted by Crippen LogP contribution is 2.25. The number of hydrogen-bond acceptors (Lipinski definition) is 4. The van der Waals surface area contributed by atoms with E-state index in [0.29, 0.717) is 19.6 Å².